The highest BCUT2D eigenvalue weighted by atomic mass is 35.5. The van der Waals surface area contributed by atoms with Crippen molar-refractivity contribution in [2.75, 3.05) is 20.1 Å². The van der Waals surface area contributed by atoms with Gasteiger partial charge in [-0.2, -0.15) is 5.10 Å². The van der Waals surface area contributed by atoms with Crippen LogP contribution in [0.2, 0.25) is 0 Å². The fourth-order valence-corrected chi connectivity index (χ4v) is 3.15. The fraction of sp³-hybridized carbons (Fsp3) is 0.500. The van der Waals surface area contributed by atoms with Gasteiger partial charge in [0.1, 0.15) is 12.7 Å². The first-order valence-corrected chi connectivity index (χ1v) is 8.56. The Morgan fingerprint density at radius 1 is 1.40 bits per heavy atom. The summed E-state index contributed by atoms with van der Waals surface area (Å²) in [6, 6.07) is 8.16. The molecule has 1 aliphatic rings. The van der Waals surface area contributed by atoms with Gasteiger partial charge in [0.25, 0.3) is 0 Å². The Morgan fingerprint density at radius 3 is 2.76 bits per heavy atom. The summed E-state index contributed by atoms with van der Waals surface area (Å²) in [7, 11) is 1.89. The zero-order valence-electron chi connectivity index (χ0n) is 14.8. The Labute approximate surface area is 155 Å². The first-order chi connectivity index (χ1) is 11.6. The largest absolute Gasteiger partial charge is 0.339 e. The highest BCUT2D eigenvalue weighted by molar-refractivity contribution is 5.85. The number of rotatable bonds is 6. The van der Waals surface area contributed by atoms with Crippen molar-refractivity contribution in [2.45, 2.75) is 32.2 Å². The lowest BCUT2D eigenvalue weighted by Crippen LogP contribution is -2.30. The van der Waals surface area contributed by atoms with Gasteiger partial charge in [-0.05, 0) is 56.5 Å². The molecule has 2 heterocycles. The molecule has 0 saturated carbocycles. The van der Waals surface area contributed by atoms with Gasteiger partial charge in [0.2, 0.25) is 5.91 Å². The molecule has 0 aliphatic carbocycles. The van der Waals surface area contributed by atoms with Crippen LogP contribution in [-0.4, -0.2) is 45.7 Å². The number of carbonyl (C=O) groups is 1. The minimum Gasteiger partial charge on any atom is -0.339 e. The number of nitrogens with zero attached hydrogens (tertiary/aromatic N) is 4. The van der Waals surface area contributed by atoms with Crippen LogP contribution in [0, 0.1) is 5.92 Å². The Hall–Kier alpha value is -1.92. The minimum atomic E-state index is 0. The van der Waals surface area contributed by atoms with Crippen LogP contribution in [0.15, 0.2) is 36.9 Å². The maximum absolute atomic E-state index is 12.5. The molecule has 2 atom stereocenters. The Kier molecular flexibility index (Phi) is 6.96. The first-order valence-electron chi connectivity index (χ1n) is 8.56. The van der Waals surface area contributed by atoms with E-state index >= 15 is 0 Å². The van der Waals surface area contributed by atoms with Gasteiger partial charge in [-0.3, -0.25) is 4.79 Å². The lowest BCUT2D eigenvalue weighted by atomic mass is 10.0. The summed E-state index contributed by atoms with van der Waals surface area (Å²) < 4.78 is 1.72. The van der Waals surface area contributed by atoms with Crippen LogP contribution in [0.25, 0.3) is 5.69 Å². The lowest BCUT2D eigenvalue weighted by Gasteiger charge is -2.26. The van der Waals surface area contributed by atoms with E-state index in [-0.39, 0.29) is 24.4 Å². The van der Waals surface area contributed by atoms with Gasteiger partial charge in [0, 0.05) is 13.5 Å². The molecule has 3 rings (SSSR count). The molecule has 2 unspecified atom stereocenters. The number of nitrogens with one attached hydrogen (secondary N) is 1. The summed E-state index contributed by atoms with van der Waals surface area (Å²) in [5, 5.41) is 7.48. The molecule has 7 heteroatoms. The molecule has 1 aliphatic heterocycles. The molecule has 1 N–H and O–H groups in total. The second kappa shape index (κ2) is 8.97. The van der Waals surface area contributed by atoms with Crippen LogP contribution in [0.1, 0.15) is 37.8 Å². The molecule has 1 aromatic carbocycles. The van der Waals surface area contributed by atoms with Gasteiger partial charge in [-0.25, -0.2) is 9.67 Å². The molecule has 25 heavy (non-hydrogen) atoms. The van der Waals surface area contributed by atoms with Crippen LogP contribution in [0.4, 0.5) is 0 Å². The molecule has 0 spiro atoms. The van der Waals surface area contributed by atoms with Crippen molar-refractivity contribution >= 4 is 18.3 Å². The fourth-order valence-electron chi connectivity index (χ4n) is 3.15. The van der Waals surface area contributed by atoms with Gasteiger partial charge < -0.3 is 10.2 Å². The Bertz CT molecular complexity index is 653. The van der Waals surface area contributed by atoms with Crippen LogP contribution in [0.5, 0.6) is 0 Å². The smallest absolute Gasteiger partial charge is 0.222 e. The average molecular weight is 364 g/mol. The van der Waals surface area contributed by atoms with Crippen molar-refractivity contribution < 1.29 is 4.79 Å². The second-order valence-corrected chi connectivity index (χ2v) is 6.51. The average Bonchev–Trinajstić information content (AvgIpc) is 3.32. The van der Waals surface area contributed by atoms with Gasteiger partial charge in [0.15, 0.2) is 0 Å². The third kappa shape index (κ3) is 4.80. The first kappa shape index (κ1) is 19.4. The van der Waals surface area contributed by atoms with Crippen molar-refractivity contribution in [2.24, 2.45) is 5.92 Å². The van der Waals surface area contributed by atoms with E-state index in [0.29, 0.717) is 12.3 Å². The van der Waals surface area contributed by atoms with Crippen LogP contribution in [-0.2, 0) is 4.79 Å². The Balaban J connectivity index is 0.00000225. The maximum Gasteiger partial charge on any atom is 0.222 e. The topological polar surface area (TPSA) is 63.1 Å². The van der Waals surface area contributed by atoms with Gasteiger partial charge >= 0.3 is 0 Å². The number of hydrogen-bond donors (Lipinski definition) is 1. The molecular formula is C18H26ClN5O. The molecular weight excluding hydrogens is 338 g/mol. The van der Waals surface area contributed by atoms with Crippen molar-refractivity contribution in [3.8, 4) is 5.69 Å². The van der Waals surface area contributed by atoms with Crippen molar-refractivity contribution in [3.63, 3.8) is 0 Å². The molecule has 1 amide bonds. The van der Waals surface area contributed by atoms with E-state index in [1.807, 2.05) is 36.2 Å². The molecule has 1 saturated heterocycles. The van der Waals surface area contributed by atoms with E-state index < -0.39 is 0 Å². The van der Waals surface area contributed by atoms with E-state index in [1.165, 1.54) is 12.7 Å². The van der Waals surface area contributed by atoms with E-state index in [4.69, 9.17) is 0 Å². The summed E-state index contributed by atoms with van der Waals surface area (Å²) in [5.41, 5.74) is 2.09. The van der Waals surface area contributed by atoms with Gasteiger partial charge in [0.05, 0.1) is 11.7 Å². The normalized spacial score (nSPS) is 17.8. The van der Waals surface area contributed by atoms with E-state index in [2.05, 4.69) is 22.3 Å². The summed E-state index contributed by atoms with van der Waals surface area (Å²) in [6.07, 6.45) is 5.99. The quantitative estimate of drug-likeness (QED) is 0.856. The number of halogens is 1. The molecule has 6 nitrogen and oxygen atoms in total. The number of benzene rings is 1. The summed E-state index contributed by atoms with van der Waals surface area (Å²) in [6.45, 7) is 4.21. The van der Waals surface area contributed by atoms with Gasteiger partial charge in [-0.1, -0.05) is 12.1 Å². The molecule has 136 valence electrons. The van der Waals surface area contributed by atoms with E-state index in [1.54, 1.807) is 11.0 Å². The number of carbonyl (C=O) groups excluding carboxylic acids is 1. The molecule has 1 aromatic heterocycles. The third-order valence-electron chi connectivity index (χ3n) is 4.96. The van der Waals surface area contributed by atoms with Crippen molar-refractivity contribution in [1.82, 2.24) is 25.0 Å². The summed E-state index contributed by atoms with van der Waals surface area (Å²) >= 11 is 0. The Morgan fingerprint density at radius 2 is 2.16 bits per heavy atom. The third-order valence-corrected chi connectivity index (χ3v) is 4.96. The summed E-state index contributed by atoms with van der Waals surface area (Å²) in [5.74, 6) is 0.870. The highest BCUT2D eigenvalue weighted by Gasteiger charge is 2.20. The number of amides is 1. The number of aromatic nitrogens is 3. The molecule has 0 radical (unpaired) electrons. The van der Waals surface area contributed by atoms with Gasteiger partial charge in [-0.15, -0.1) is 12.4 Å². The molecule has 2 aromatic rings. The van der Waals surface area contributed by atoms with E-state index in [0.717, 1.165) is 30.8 Å². The van der Waals surface area contributed by atoms with Crippen molar-refractivity contribution in [1.29, 1.82) is 0 Å². The zero-order chi connectivity index (χ0) is 16.9. The maximum atomic E-state index is 12.5. The monoisotopic (exact) mass is 363 g/mol. The standard InChI is InChI=1S/C18H25N5O.ClH/c1-14(22(2)18(24)8-3-15-9-10-19-11-15)16-4-6-17(7-5-16)23-13-20-12-21-23;/h4-7,12-15,19H,3,8-11H2,1-2H3;1H. The van der Waals surface area contributed by atoms with Crippen molar-refractivity contribution in [3.05, 3.63) is 42.5 Å². The van der Waals surface area contributed by atoms with Crippen LogP contribution in [0.3, 0.4) is 0 Å². The minimum absolute atomic E-state index is 0. The van der Waals surface area contributed by atoms with Crippen LogP contribution >= 0.6 is 12.4 Å². The predicted molar refractivity (Wildman–Crippen MR) is 100 cm³/mol. The predicted octanol–water partition coefficient (Wildman–Crippen LogP) is 2.60. The molecule has 0 bridgehead atoms. The van der Waals surface area contributed by atoms with Crippen LogP contribution < -0.4 is 5.32 Å². The number of hydrogen-bond acceptors (Lipinski definition) is 4. The second-order valence-electron chi connectivity index (χ2n) is 6.51. The lowest BCUT2D eigenvalue weighted by molar-refractivity contribution is -0.132. The SMILES string of the molecule is CC(c1ccc(-n2cncn2)cc1)N(C)C(=O)CCC1CCNC1.Cl. The summed E-state index contributed by atoms with van der Waals surface area (Å²) in [4.78, 5) is 18.3. The highest BCUT2D eigenvalue weighted by Crippen LogP contribution is 2.22. The zero-order valence-corrected chi connectivity index (χ0v) is 15.6. The molecule has 1 fully saturated rings. The van der Waals surface area contributed by atoms with E-state index in [9.17, 15) is 4.79 Å².